The van der Waals surface area contributed by atoms with Gasteiger partial charge in [0, 0.05) is 36.0 Å². The van der Waals surface area contributed by atoms with Gasteiger partial charge in [0.05, 0.1) is 35.8 Å². The van der Waals surface area contributed by atoms with E-state index in [0.29, 0.717) is 18.7 Å². The van der Waals surface area contributed by atoms with Crippen LogP contribution in [0, 0.1) is 0 Å². The molecule has 4 rings (SSSR count). The second kappa shape index (κ2) is 7.98. The lowest BCUT2D eigenvalue weighted by molar-refractivity contribution is 0.0950. The molecule has 7 nitrogen and oxygen atoms in total. The van der Waals surface area contributed by atoms with Crippen LogP contribution in [0.2, 0.25) is 0 Å². The molecule has 2 N–H and O–H groups in total. The van der Waals surface area contributed by atoms with E-state index in [2.05, 4.69) is 25.5 Å². The number of hydrogen-bond acceptors (Lipinski definition) is 5. The number of benzene rings is 1. The third-order valence-corrected chi connectivity index (χ3v) is 4.37. The first-order chi connectivity index (χ1) is 13.7. The first-order valence-electron chi connectivity index (χ1n) is 8.85. The first kappa shape index (κ1) is 17.8. The fraction of sp³-hybridized carbons (Fsp3) is 0.143. The van der Waals surface area contributed by atoms with Crippen LogP contribution in [0.1, 0.15) is 21.7 Å². The van der Waals surface area contributed by atoms with Gasteiger partial charge in [-0.2, -0.15) is 5.10 Å². The van der Waals surface area contributed by atoms with Crippen molar-refractivity contribution in [3.8, 4) is 11.3 Å². The lowest BCUT2D eigenvalue weighted by atomic mass is 10.0. The molecular weight excluding hydrogens is 354 g/mol. The van der Waals surface area contributed by atoms with Crippen molar-refractivity contribution in [1.29, 1.82) is 0 Å². The molecule has 0 aliphatic heterocycles. The number of nitrogens with one attached hydrogen (secondary N) is 2. The van der Waals surface area contributed by atoms with Crippen LogP contribution in [0.15, 0.2) is 60.9 Å². The van der Waals surface area contributed by atoms with Crippen molar-refractivity contribution in [3.63, 3.8) is 0 Å². The Labute approximate surface area is 161 Å². The van der Waals surface area contributed by atoms with Crippen LogP contribution in [0.25, 0.3) is 22.2 Å². The van der Waals surface area contributed by atoms with Crippen molar-refractivity contribution in [2.75, 3.05) is 7.11 Å². The molecule has 0 radical (unpaired) electrons. The number of carbonyl (C=O) groups is 1. The van der Waals surface area contributed by atoms with Gasteiger partial charge >= 0.3 is 0 Å². The van der Waals surface area contributed by atoms with E-state index in [9.17, 15) is 4.79 Å². The summed E-state index contributed by atoms with van der Waals surface area (Å²) in [5.74, 6) is -0.151. The predicted molar refractivity (Wildman–Crippen MR) is 105 cm³/mol. The summed E-state index contributed by atoms with van der Waals surface area (Å²) in [7, 11) is 1.62. The number of ether oxygens (including phenoxy) is 1. The predicted octanol–water partition coefficient (Wildman–Crippen LogP) is 3.10. The zero-order chi connectivity index (χ0) is 19.3. The molecule has 0 aliphatic rings. The first-order valence-corrected chi connectivity index (χ1v) is 8.85. The van der Waals surface area contributed by atoms with Gasteiger partial charge in [0.1, 0.15) is 0 Å². The lowest BCUT2D eigenvalue weighted by Crippen LogP contribution is -2.22. The van der Waals surface area contributed by atoms with Crippen LogP contribution in [0.5, 0.6) is 0 Å². The van der Waals surface area contributed by atoms with Gasteiger partial charge in [0.25, 0.3) is 5.91 Å². The normalized spacial score (nSPS) is 10.9. The standard InChI is InChI=1S/C21H19N5O2/c1-28-13-17-11-16(25-26-17)12-24-21(27)15-6-4-14(5-7-15)20-18-3-2-9-22-19(18)8-10-23-20/h2-11H,12-13H2,1H3,(H,24,27)(H,25,26). The molecular formula is C21H19N5O2. The average molecular weight is 373 g/mol. The maximum atomic E-state index is 12.4. The highest BCUT2D eigenvalue weighted by atomic mass is 16.5. The summed E-state index contributed by atoms with van der Waals surface area (Å²) in [6, 6.07) is 15.0. The number of rotatable bonds is 6. The Kier molecular flexibility index (Phi) is 5.07. The van der Waals surface area contributed by atoms with Gasteiger partial charge in [-0.15, -0.1) is 0 Å². The molecule has 3 aromatic heterocycles. The number of amides is 1. The van der Waals surface area contributed by atoms with E-state index in [1.54, 1.807) is 31.6 Å². The largest absolute Gasteiger partial charge is 0.378 e. The Morgan fingerprint density at radius 2 is 1.96 bits per heavy atom. The van der Waals surface area contributed by atoms with Gasteiger partial charge in [0.2, 0.25) is 0 Å². The van der Waals surface area contributed by atoms with Crippen molar-refractivity contribution in [1.82, 2.24) is 25.5 Å². The van der Waals surface area contributed by atoms with E-state index >= 15 is 0 Å². The Hall–Kier alpha value is -3.58. The number of carbonyl (C=O) groups excluding carboxylic acids is 1. The molecule has 3 heterocycles. The van der Waals surface area contributed by atoms with Crippen LogP contribution >= 0.6 is 0 Å². The number of fused-ring (bicyclic) bond motifs is 1. The smallest absolute Gasteiger partial charge is 0.251 e. The van der Waals surface area contributed by atoms with Crippen molar-refractivity contribution in [3.05, 3.63) is 77.9 Å². The molecule has 0 unspecified atom stereocenters. The number of pyridine rings is 2. The summed E-state index contributed by atoms with van der Waals surface area (Å²) in [6.45, 7) is 0.803. The number of aromatic amines is 1. The molecule has 140 valence electrons. The van der Waals surface area contributed by atoms with E-state index in [4.69, 9.17) is 4.74 Å². The molecule has 0 aliphatic carbocycles. The van der Waals surface area contributed by atoms with Crippen LogP contribution < -0.4 is 5.32 Å². The van der Waals surface area contributed by atoms with Crippen molar-refractivity contribution >= 4 is 16.8 Å². The molecule has 0 saturated heterocycles. The van der Waals surface area contributed by atoms with Gasteiger partial charge in [-0.25, -0.2) is 0 Å². The number of methoxy groups -OCH3 is 1. The Balaban J connectivity index is 1.47. The summed E-state index contributed by atoms with van der Waals surface area (Å²) in [6.07, 6.45) is 3.50. The van der Waals surface area contributed by atoms with Gasteiger partial charge in [-0.1, -0.05) is 12.1 Å². The van der Waals surface area contributed by atoms with Crippen LogP contribution in [-0.4, -0.2) is 33.2 Å². The Morgan fingerprint density at radius 1 is 1.11 bits per heavy atom. The van der Waals surface area contributed by atoms with E-state index in [1.807, 2.05) is 36.4 Å². The molecule has 0 fully saturated rings. The van der Waals surface area contributed by atoms with Gasteiger partial charge in [-0.05, 0) is 36.4 Å². The van der Waals surface area contributed by atoms with Crippen LogP contribution in [0.3, 0.4) is 0 Å². The van der Waals surface area contributed by atoms with E-state index < -0.39 is 0 Å². The summed E-state index contributed by atoms with van der Waals surface area (Å²) in [5, 5.41) is 10.9. The lowest BCUT2D eigenvalue weighted by Gasteiger charge is -2.07. The second-order valence-electron chi connectivity index (χ2n) is 6.31. The highest BCUT2D eigenvalue weighted by molar-refractivity contribution is 5.96. The summed E-state index contributed by atoms with van der Waals surface area (Å²) in [5.41, 5.74) is 4.88. The van der Waals surface area contributed by atoms with Crippen molar-refractivity contribution < 1.29 is 9.53 Å². The Bertz CT molecular complexity index is 1100. The molecule has 0 bridgehead atoms. The maximum absolute atomic E-state index is 12.4. The Morgan fingerprint density at radius 3 is 2.79 bits per heavy atom. The molecule has 1 amide bonds. The molecule has 0 saturated carbocycles. The van der Waals surface area contributed by atoms with E-state index in [-0.39, 0.29) is 5.91 Å². The molecule has 28 heavy (non-hydrogen) atoms. The third kappa shape index (κ3) is 3.74. The second-order valence-corrected chi connectivity index (χ2v) is 6.31. The SMILES string of the molecule is COCc1cc(CNC(=O)c2ccc(-c3nccc4ncccc34)cc2)[nH]n1. The average Bonchev–Trinajstić information content (AvgIpc) is 3.19. The van der Waals surface area contributed by atoms with Gasteiger partial charge in [-0.3, -0.25) is 19.9 Å². The number of H-pyrrole nitrogens is 1. The minimum Gasteiger partial charge on any atom is -0.378 e. The minimum absolute atomic E-state index is 0.151. The van der Waals surface area contributed by atoms with Gasteiger partial charge in [0.15, 0.2) is 0 Å². The molecule has 7 heteroatoms. The molecule has 0 atom stereocenters. The molecule has 0 spiro atoms. The van der Waals surface area contributed by atoms with Crippen molar-refractivity contribution in [2.24, 2.45) is 0 Å². The number of nitrogens with zero attached hydrogens (tertiary/aromatic N) is 3. The van der Waals surface area contributed by atoms with Crippen LogP contribution in [-0.2, 0) is 17.9 Å². The summed E-state index contributed by atoms with van der Waals surface area (Å²) < 4.78 is 5.03. The van der Waals surface area contributed by atoms with Crippen molar-refractivity contribution in [2.45, 2.75) is 13.2 Å². The minimum atomic E-state index is -0.151. The highest BCUT2D eigenvalue weighted by Gasteiger charge is 2.09. The molecule has 4 aromatic rings. The zero-order valence-corrected chi connectivity index (χ0v) is 15.3. The zero-order valence-electron chi connectivity index (χ0n) is 15.3. The summed E-state index contributed by atoms with van der Waals surface area (Å²) >= 11 is 0. The van der Waals surface area contributed by atoms with E-state index in [0.717, 1.165) is 33.5 Å². The van der Waals surface area contributed by atoms with Gasteiger partial charge < -0.3 is 10.1 Å². The van der Waals surface area contributed by atoms with Crippen LogP contribution in [0.4, 0.5) is 0 Å². The molecule has 1 aromatic carbocycles. The monoisotopic (exact) mass is 373 g/mol. The topological polar surface area (TPSA) is 92.8 Å². The third-order valence-electron chi connectivity index (χ3n) is 4.37. The van der Waals surface area contributed by atoms with E-state index in [1.165, 1.54) is 0 Å². The highest BCUT2D eigenvalue weighted by Crippen LogP contribution is 2.25. The fourth-order valence-electron chi connectivity index (χ4n) is 3.01. The fourth-order valence-corrected chi connectivity index (χ4v) is 3.01. The maximum Gasteiger partial charge on any atom is 0.251 e. The number of aromatic nitrogens is 4. The number of hydrogen-bond donors (Lipinski definition) is 2. The quantitative estimate of drug-likeness (QED) is 0.542. The summed E-state index contributed by atoms with van der Waals surface area (Å²) in [4.78, 5) is 21.3.